The average molecular weight is 330 g/mol. The molecule has 3 rings (SSSR count). The molecule has 7 heteroatoms. The van der Waals surface area contributed by atoms with Gasteiger partial charge in [-0.1, -0.05) is 6.07 Å². The standard InChI is InChI=1S/C14H22N2O3S2/c1-2-21(17,18)15-6-11-10-19-14-9-16(8-13(11)14)7-12-4-3-5-20-12/h3-5,11,13-15H,2,6-10H2,1H3/t11-,13-,14-/m1/s1. The van der Waals surface area contributed by atoms with E-state index in [0.29, 0.717) is 25.0 Å². The second-order valence-electron chi connectivity index (χ2n) is 5.82. The second-order valence-corrected chi connectivity index (χ2v) is 8.95. The normalized spacial score (nSPS) is 29.9. The molecule has 0 unspecified atom stereocenters. The number of rotatable bonds is 6. The van der Waals surface area contributed by atoms with E-state index in [9.17, 15) is 8.42 Å². The largest absolute Gasteiger partial charge is 0.376 e. The van der Waals surface area contributed by atoms with Crippen molar-refractivity contribution in [3.63, 3.8) is 0 Å². The third-order valence-corrected chi connectivity index (χ3v) is 6.65. The van der Waals surface area contributed by atoms with Crippen LogP contribution in [-0.4, -0.2) is 51.4 Å². The van der Waals surface area contributed by atoms with Gasteiger partial charge in [0.1, 0.15) is 0 Å². The van der Waals surface area contributed by atoms with Gasteiger partial charge in [0, 0.05) is 42.9 Å². The van der Waals surface area contributed by atoms with Crippen molar-refractivity contribution in [2.75, 3.05) is 32.0 Å². The summed E-state index contributed by atoms with van der Waals surface area (Å²) in [5.74, 6) is 0.883. The van der Waals surface area contributed by atoms with Crippen molar-refractivity contribution < 1.29 is 13.2 Å². The topological polar surface area (TPSA) is 58.6 Å². The van der Waals surface area contributed by atoms with E-state index in [0.717, 1.165) is 19.6 Å². The Labute approximate surface area is 130 Å². The van der Waals surface area contributed by atoms with E-state index < -0.39 is 10.0 Å². The zero-order valence-electron chi connectivity index (χ0n) is 12.2. The van der Waals surface area contributed by atoms with Gasteiger partial charge in [0.25, 0.3) is 0 Å². The zero-order valence-corrected chi connectivity index (χ0v) is 13.8. The lowest BCUT2D eigenvalue weighted by molar-refractivity contribution is 0.0944. The quantitative estimate of drug-likeness (QED) is 0.850. The Morgan fingerprint density at radius 3 is 3.05 bits per heavy atom. The lowest BCUT2D eigenvalue weighted by Crippen LogP contribution is -2.34. The molecule has 2 saturated heterocycles. The third kappa shape index (κ3) is 3.65. The highest BCUT2D eigenvalue weighted by Gasteiger charge is 2.43. The molecule has 5 nitrogen and oxygen atoms in total. The summed E-state index contributed by atoms with van der Waals surface area (Å²) in [6, 6.07) is 4.24. The van der Waals surface area contributed by atoms with Crippen LogP contribution >= 0.6 is 11.3 Å². The summed E-state index contributed by atoms with van der Waals surface area (Å²) < 4.78 is 31.7. The Kier molecular flexibility index (Phi) is 4.66. The Balaban J connectivity index is 1.54. The minimum Gasteiger partial charge on any atom is -0.376 e. The van der Waals surface area contributed by atoms with Crippen molar-refractivity contribution in [1.82, 2.24) is 9.62 Å². The van der Waals surface area contributed by atoms with Crippen LogP contribution in [0.2, 0.25) is 0 Å². The van der Waals surface area contributed by atoms with Crippen LogP contribution in [-0.2, 0) is 21.3 Å². The maximum Gasteiger partial charge on any atom is 0.211 e. The van der Waals surface area contributed by atoms with Gasteiger partial charge in [-0.3, -0.25) is 4.90 Å². The molecular weight excluding hydrogens is 308 g/mol. The van der Waals surface area contributed by atoms with Crippen molar-refractivity contribution in [2.24, 2.45) is 11.8 Å². The number of hydrogen-bond donors (Lipinski definition) is 1. The molecule has 0 spiro atoms. The van der Waals surface area contributed by atoms with E-state index in [2.05, 4.69) is 27.1 Å². The molecule has 2 fully saturated rings. The maximum atomic E-state index is 11.6. The smallest absolute Gasteiger partial charge is 0.211 e. The minimum atomic E-state index is -3.11. The van der Waals surface area contributed by atoms with Gasteiger partial charge in [-0.2, -0.15) is 0 Å². The van der Waals surface area contributed by atoms with Crippen LogP contribution in [0.1, 0.15) is 11.8 Å². The number of thiophene rings is 1. The van der Waals surface area contributed by atoms with Crippen LogP contribution in [0.15, 0.2) is 17.5 Å². The van der Waals surface area contributed by atoms with E-state index in [1.54, 1.807) is 18.3 Å². The first-order chi connectivity index (χ1) is 10.1. The molecular formula is C14H22N2O3S2. The molecule has 0 aromatic carbocycles. The van der Waals surface area contributed by atoms with Crippen LogP contribution in [0.25, 0.3) is 0 Å². The molecule has 0 aliphatic carbocycles. The fourth-order valence-electron chi connectivity index (χ4n) is 3.18. The van der Waals surface area contributed by atoms with Crippen molar-refractivity contribution in [3.8, 4) is 0 Å². The number of sulfonamides is 1. The number of ether oxygens (including phenoxy) is 1. The van der Waals surface area contributed by atoms with Gasteiger partial charge < -0.3 is 4.74 Å². The Hall–Kier alpha value is -0.470. The highest BCUT2D eigenvalue weighted by molar-refractivity contribution is 7.89. The fraction of sp³-hybridized carbons (Fsp3) is 0.714. The van der Waals surface area contributed by atoms with Crippen LogP contribution in [0.5, 0.6) is 0 Å². The van der Waals surface area contributed by atoms with Gasteiger partial charge in [0.15, 0.2) is 0 Å². The monoisotopic (exact) mass is 330 g/mol. The summed E-state index contributed by atoms with van der Waals surface area (Å²) in [6.45, 7) is 5.77. The zero-order chi connectivity index (χ0) is 14.9. The number of nitrogens with zero attached hydrogens (tertiary/aromatic N) is 1. The molecule has 0 bridgehead atoms. The first kappa shape index (κ1) is 15.4. The van der Waals surface area contributed by atoms with Crippen LogP contribution in [0.3, 0.4) is 0 Å². The summed E-state index contributed by atoms with van der Waals surface area (Å²) in [5, 5.41) is 2.10. The van der Waals surface area contributed by atoms with Crippen LogP contribution < -0.4 is 4.72 Å². The highest BCUT2D eigenvalue weighted by atomic mass is 32.2. The minimum absolute atomic E-state index is 0.138. The molecule has 1 N–H and O–H groups in total. The van der Waals surface area contributed by atoms with E-state index in [-0.39, 0.29) is 11.9 Å². The molecule has 2 aliphatic rings. The first-order valence-corrected chi connectivity index (χ1v) is 9.94. The average Bonchev–Trinajstić information content (AvgIpc) is 3.14. The summed E-state index contributed by atoms with van der Waals surface area (Å²) in [7, 11) is -3.11. The molecule has 118 valence electrons. The van der Waals surface area contributed by atoms with Gasteiger partial charge >= 0.3 is 0 Å². The molecule has 0 amide bonds. The molecule has 3 atom stereocenters. The summed E-state index contributed by atoms with van der Waals surface area (Å²) in [4.78, 5) is 3.79. The van der Waals surface area contributed by atoms with Gasteiger partial charge in [-0.15, -0.1) is 11.3 Å². The molecule has 0 saturated carbocycles. The fourth-order valence-corrected chi connectivity index (χ4v) is 4.60. The summed E-state index contributed by atoms with van der Waals surface area (Å²) in [6.07, 6.45) is 0.265. The number of fused-ring (bicyclic) bond motifs is 1. The Bertz CT molecular complexity index is 559. The van der Waals surface area contributed by atoms with Gasteiger partial charge in [0.05, 0.1) is 18.5 Å². The van der Waals surface area contributed by atoms with Crippen LogP contribution in [0, 0.1) is 11.8 Å². The SMILES string of the molecule is CCS(=O)(=O)NC[C@@H]1CO[C@@H]2CN(Cc3cccs3)C[C@H]12. The summed E-state index contributed by atoms with van der Waals surface area (Å²) >= 11 is 1.78. The molecule has 21 heavy (non-hydrogen) atoms. The van der Waals surface area contributed by atoms with E-state index in [1.807, 2.05) is 0 Å². The van der Waals surface area contributed by atoms with E-state index in [1.165, 1.54) is 4.88 Å². The van der Waals surface area contributed by atoms with E-state index >= 15 is 0 Å². The van der Waals surface area contributed by atoms with Gasteiger partial charge in [-0.25, -0.2) is 13.1 Å². The molecule has 2 aliphatic heterocycles. The molecule has 0 radical (unpaired) electrons. The number of likely N-dealkylation sites (tertiary alicyclic amines) is 1. The first-order valence-electron chi connectivity index (χ1n) is 7.41. The second kappa shape index (κ2) is 6.34. The van der Waals surface area contributed by atoms with Crippen LogP contribution in [0.4, 0.5) is 0 Å². The van der Waals surface area contributed by atoms with Gasteiger partial charge in [-0.05, 0) is 18.4 Å². The van der Waals surface area contributed by atoms with Crippen molar-refractivity contribution >= 4 is 21.4 Å². The Morgan fingerprint density at radius 2 is 2.33 bits per heavy atom. The van der Waals surface area contributed by atoms with Gasteiger partial charge in [0.2, 0.25) is 10.0 Å². The van der Waals surface area contributed by atoms with Crippen molar-refractivity contribution in [2.45, 2.75) is 19.6 Å². The van der Waals surface area contributed by atoms with E-state index in [4.69, 9.17) is 4.74 Å². The molecule has 1 aromatic heterocycles. The summed E-state index contributed by atoms with van der Waals surface area (Å²) in [5.41, 5.74) is 0. The molecule has 3 heterocycles. The highest BCUT2D eigenvalue weighted by Crippen LogP contribution is 2.34. The third-order valence-electron chi connectivity index (χ3n) is 4.42. The maximum absolute atomic E-state index is 11.6. The van der Waals surface area contributed by atoms with Crippen molar-refractivity contribution in [1.29, 1.82) is 0 Å². The number of hydrogen-bond acceptors (Lipinski definition) is 5. The predicted molar refractivity (Wildman–Crippen MR) is 83.8 cm³/mol. The Morgan fingerprint density at radius 1 is 1.48 bits per heavy atom. The lowest BCUT2D eigenvalue weighted by atomic mass is 9.93. The predicted octanol–water partition coefficient (Wildman–Crippen LogP) is 1.13. The van der Waals surface area contributed by atoms with Crippen molar-refractivity contribution in [3.05, 3.63) is 22.4 Å². The molecule has 1 aromatic rings. The lowest BCUT2D eigenvalue weighted by Gasteiger charge is -2.19. The number of nitrogens with one attached hydrogen (secondary N) is 1.